The molecule has 0 atom stereocenters. The van der Waals surface area contributed by atoms with Crippen LogP contribution in [0.5, 0.6) is 0 Å². The van der Waals surface area contributed by atoms with Crippen molar-refractivity contribution in [2.24, 2.45) is 0 Å². The van der Waals surface area contributed by atoms with Crippen LogP contribution in [0.15, 0.2) is 65.3 Å². The topological polar surface area (TPSA) is 71.3 Å². The van der Waals surface area contributed by atoms with Gasteiger partial charge in [-0.15, -0.1) is 0 Å². The third-order valence-electron chi connectivity index (χ3n) is 4.51. The van der Waals surface area contributed by atoms with E-state index in [4.69, 9.17) is 4.42 Å². The van der Waals surface area contributed by atoms with Crippen molar-refractivity contribution in [1.29, 1.82) is 0 Å². The molecule has 0 aliphatic heterocycles. The number of benzene rings is 2. The first-order valence-corrected chi connectivity index (χ1v) is 8.57. The zero-order chi connectivity index (χ0) is 17.9. The van der Waals surface area contributed by atoms with Crippen LogP contribution in [0.1, 0.15) is 38.5 Å². The van der Waals surface area contributed by atoms with Gasteiger partial charge in [-0.2, -0.15) is 0 Å². The molecule has 0 saturated heterocycles. The Bertz CT molecular complexity index is 944. The normalized spacial score (nSPS) is 12.5. The number of anilines is 2. The van der Waals surface area contributed by atoms with Gasteiger partial charge >= 0.3 is 0 Å². The van der Waals surface area contributed by atoms with E-state index in [1.54, 1.807) is 36.4 Å². The summed E-state index contributed by atoms with van der Waals surface area (Å²) < 4.78 is 5.06. The Morgan fingerprint density at radius 1 is 0.808 bits per heavy atom. The minimum atomic E-state index is -0.315. The van der Waals surface area contributed by atoms with Crippen LogP contribution < -0.4 is 10.6 Å². The molecule has 26 heavy (non-hydrogen) atoms. The van der Waals surface area contributed by atoms with E-state index in [2.05, 4.69) is 10.6 Å². The van der Waals surface area contributed by atoms with Gasteiger partial charge in [-0.25, -0.2) is 0 Å². The molecule has 1 aromatic heterocycles. The molecule has 2 aromatic carbocycles. The van der Waals surface area contributed by atoms with Gasteiger partial charge in [0.05, 0.1) is 6.26 Å². The number of carbonyl (C=O) groups is 2. The van der Waals surface area contributed by atoms with E-state index in [1.807, 2.05) is 18.2 Å². The van der Waals surface area contributed by atoms with Crippen molar-refractivity contribution < 1.29 is 14.0 Å². The number of nitrogens with one attached hydrogen (secondary N) is 2. The van der Waals surface area contributed by atoms with E-state index in [-0.39, 0.29) is 17.6 Å². The average Bonchev–Trinajstić information content (AvgIpc) is 3.34. The summed E-state index contributed by atoms with van der Waals surface area (Å²) in [6.45, 7) is 0. The minimum Gasteiger partial charge on any atom is -0.459 e. The Hall–Kier alpha value is -3.34. The second kappa shape index (κ2) is 6.88. The second-order valence-corrected chi connectivity index (χ2v) is 6.30. The number of furan rings is 1. The van der Waals surface area contributed by atoms with Crippen molar-refractivity contribution in [1.82, 2.24) is 0 Å². The van der Waals surface area contributed by atoms with Crippen LogP contribution in [0.3, 0.4) is 0 Å². The van der Waals surface area contributed by atoms with E-state index in [0.717, 1.165) is 19.3 Å². The molecule has 130 valence electrons. The lowest BCUT2D eigenvalue weighted by molar-refractivity contribution is 0.0994. The van der Waals surface area contributed by atoms with Crippen LogP contribution in [0.4, 0.5) is 11.4 Å². The maximum atomic E-state index is 12.4. The monoisotopic (exact) mass is 346 g/mol. The Kier molecular flexibility index (Phi) is 4.27. The van der Waals surface area contributed by atoms with E-state index < -0.39 is 0 Å². The summed E-state index contributed by atoms with van der Waals surface area (Å²) in [5, 5.41) is 5.63. The first-order chi connectivity index (χ1) is 12.7. The molecule has 1 aliphatic carbocycles. The zero-order valence-electron chi connectivity index (χ0n) is 14.1. The molecule has 0 radical (unpaired) electrons. The summed E-state index contributed by atoms with van der Waals surface area (Å²) in [6.07, 6.45) is 4.75. The van der Waals surface area contributed by atoms with Gasteiger partial charge in [-0.05, 0) is 78.9 Å². The second-order valence-electron chi connectivity index (χ2n) is 6.30. The zero-order valence-corrected chi connectivity index (χ0v) is 14.1. The largest absolute Gasteiger partial charge is 0.459 e. The quantitative estimate of drug-likeness (QED) is 0.741. The minimum absolute atomic E-state index is 0.132. The fourth-order valence-electron chi connectivity index (χ4n) is 3.15. The molecule has 0 saturated carbocycles. The lowest BCUT2D eigenvalue weighted by Gasteiger charge is -2.08. The molecule has 4 rings (SSSR count). The summed E-state index contributed by atoms with van der Waals surface area (Å²) >= 11 is 0. The van der Waals surface area contributed by atoms with Crippen molar-refractivity contribution in [2.75, 3.05) is 10.6 Å². The molecule has 0 bridgehead atoms. The number of carbonyl (C=O) groups excluding carboxylic acids is 2. The average molecular weight is 346 g/mol. The fraction of sp³-hybridized carbons (Fsp3) is 0.143. The molecule has 5 heteroatoms. The predicted molar refractivity (Wildman–Crippen MR) is 99.5 cm³/mol. The third-order valence-corrected chi connectivity index (χ3v) is 4.51. The Labute approximate surface area is 151 Å². The molecule has 3 aromatic rings. The SMILES string of the molecule is O=C(Nc1ccc(NC(=O)c2ccco2)cc1)c1ccc2c(c1)CCC2. The van der Waals surface area contributed by atoms with Gasteiger partial charge in [0, 0.05) is 16.9 Å². The molecular weight excluding hydrogens is 328 g/mol. The highest BCUT2D eigenvalue weighted by Gasteiger charge is 2.14. The summed E-state index contributed by atoms with van der Waals surface area (Å²) in [5.74, 6) is -0.198. The van der Waals surface area contributed by atoms with Crippen molar-refractivity contribution in [3.63, 3.8) is 0 Å². The molecule has 2 N–H and O–H groups in total. The lowest BCUT2D eigenvalue weighted by atomic mass is 10.1. The third kappa shape index (κ3) is 3.37. The number of rotatable bonds is 4. The van der Waals surface area contributed by atoms with Crippen molar-refractivity contribution in [3.05, 3.63) is 83.3 Å². The van der Waals surface area contributed by atoms with Crippen molar-refractivity contribution >= 4 is 23.2 Å². The summed E-state index contributed by atoms with van der Waals surface area (Å²) in [6, 6.07) is 16.1. The highest BCUT2D eigenvalue weighted by atomic mass is 16.3. The van der Waals surface area contributed by atoms with E-state index in [9.17, 15) is 9.59 Å². The van der Waals surface area contributed by atoms with Crippen molar-refractivity contribution in [3.8, 4) is 0 Å². The molecule has 0 spiro atoms. The Morgan fingerprint density at radius 3 is 2.19 bits per heavy atom. The molecule has 0 fully saturated rings. The Morgan fingerprint density at radius 2 is 1.50 bits per heavy atom. The van der Waals surface area contributed by atoms with E-state index in [1.165, 1.54) is 17.4 Å². The Balaban J connectivity index is 1.41. The maximum Gasteiger partial charge on any atom is 0.291 e. The fourth-order valence-corrected chi connectivity index (χ4v) is 3.15. The van der Waals surface area contributed by atoms with Gasteiger partial charge in [-0.1, -0.05) is 6.07 Å². The highest BCUT2D eigenvalue weighted by Crippen LogP contribution is 2.23. The van der Waals surface area contributed by atoms with Crippen molar-refractivity contribution in [2.45, 2.75) is 19.3 Å². The van der Waals surface area contributed by atoms with Crippen LogP contribution in [-0.4, -0.2) is 11.8 Å². The molecule has 1 aliphatic rings. The standard InChI is InChI=1S/C21H18N2O3/c24-20(16-7-6-14-3-1-4-15(14)13-16)22-17-8-10-18(11-9-17)23-21(25)19-5-2-12-26-19/h2,5-13H,1,3-4H2,(H,22,24)(H,23,25). The van der Waals surface area contributed by atoms with Crippen LogP contribution in [0.2, 0.25) is 0 Å². The van der Waals surface area contributed by atoms with Gasteiger partial charge in [0.1, 0.15) is 0 Å². The summed E-state index contributed by atoms with van der Waals surface area (Å²) in [4.78, 5) is 24.4. The lowest BCUT2D eigenvalue weighted by Crippen LogP contribution is -2.13. The van der Waals surface area contributed by atoms with Gasteiger partial charge in [-0.3, -0.25) is 9.59 Å². The van der Waals surface area contributed by atoms with Gasteiger partial charge in [0.2, 0.25) is 0 Å². The molecule has 0 unspecified atom stereocenters. The molecule has 2 amide bonds. The first-order valence-electron chi connectivity index (χ1n) is 8.57. The molecule has 5 nitrogen and oxygen atoms in total. The van der Waals surface area contributed by atoms with Gasteiger partial charge in [0.25, 0.3) is 11.8 Å². The molecule has 1 heterocycles. The highest BCUT2D eigenvalue weighted by molar-refractivity contribution is 6.05. The number of amides is 2. The summed E-state index contributed by atoms with van der Waals surface area (Å²) in [5.41, 5.74) is 4.58. The smallest absolute Gasteiger partial charge is 0.291 e. The van der Waals surface area contributed by atoms with Crippen LogP contribution in [0.25, 0.3) is 0 Å². The van der Waals surface area contributed by atoms with Crippen LogP contribution >= 0.6 is 0 Å². The predicted octanol–water partition coefficient (Wildman–Crippen LogP) is 4.27. The number of fused-ring (bicyclic) bond motifs is 1. The van der Waals surface area contributed by atoms with E-state index >= 15 is 0 Å². The number of hydrogen-bond donors (Lipinski definition) is 2. The summed E-state index contributed by atoms with van der Waals surface area (Å²) in [7, 11) is 0. The number of hydrogen-bond acceptors (Lipinski definition) is 3. The van der Waals surface area contributed by atoms with Crippen LogP contribution in [0, 0.1) is 0 Å². The van der Waals surface area contributed by atoms with Gasteiger partial charge in [0.15, 0.2) is 5.76 Å². The van der Waals surface area contributed by atoms with Gasteiger partial charge < -0.3 is 15.1 Å². The first kappa shape index (κ1) is 16.1. The number of aryl methyl sites for hydroxylation is 2. The maximum absolute atomic E-state index is 12.4. The molecular formula is C21H18N2O3. The van der Waals surface area contributed by atoms with E-state index in [0.29, 0.717) is 16.9 Å². The van der Waals surface area contributed by atoms with Crippen LogP contribution in [-0.2, 0) is 12.8 Å².